The second-order valence-corrected chi connectivity index (χ2v) is 5.68. The molecule has 21 heavy (non-hydrogen) atoms. The average molecular weight is 347 g/mol. The summed E-state index contributed by atoms with van der Waals surface area (Å²) in [5.74, 6) is 2.58. The number of amides is 2. The smallest absolute Gasteiger partial charge is 0.335 e. The number of urea groups is 1. The Balaban J connectivity index is 2.60. The van der Waals surface area contributed by atoms with Crippen molar-refractivity contribution in [3.63, 3.8) is 0 Å². The molecule has 5 nitrogen and oxygen atoms in total. The van der Waals surface area contributed by atoms with Crippen molar-refractivity contribution in [1.82, 2.24) is 5.32 Å². The average Bonchev–Trinajstić information content (AvgIpc) is 2.42. The van der Waals surface area contributed by atoms with Crippen LogP contribution in [-0.4, -0.2) is 35.2 Å². The molecule has 0 aliphatic carbocycles. The maximum absolute atomic E-state index is 11.7. The van der Waals surface area contributed by atoms with E-state index < -0.39 is 12.0 Å². The molecule has 0 bridgehead atoms. The summed E-state index contributed by atoms with van der Waals surface area (Å²) >= 11 is 13.3. The van der Waals surface area contributed by atoms with Crippen molar-refractivity contribution >= 4 is 52.7 Å². The second-order valence-electron chi connectivity index (χ2n) is 3.76. The number of anilines is 1. The minimum atomic E-state index is -1.15. The van der Waals surface area contributed by atoms with Crippen LogP contribution in [0.15, 0.2) is 12.1 Å². The number of rotatable bonds is 6. The monoisotopic (exact) mass is 346 g/mol. The molecule has 0 heterocycles. The zero-order valence-corrected chi connectivity index (χ0v) is 13.1. The van der Waals surface area contributed by atoms with Gasteiger partial charge in [-0.15, -0.1) is 18.2 Å². The molecule has 0 radical (unpaired) electrons. The third-order valence-electron chi connectivity index (χ3n) is 2.24. The van der Waals surface area contributed by atoms with Gasteiger partial charge in [0.1, 0.15) is 0 Å². The van der Waals surface area contributed by atoms with Crippen LogP contribution in [0, 0.1) is 12.3 Å². The Morgan fingerprint density at radius 1 is 1.33 bits per heavy atom. The van der Waals surface area contributed by atoms with E-state index in [2.05, 4.69) is 16.6 Å². The summed E-state index contributed by atoms with van der Waals surface area (Å²) in [4.78, 5) is 22.5. The molecule has 0 aliphatic rings. The summed E-state index contributed by atoms with van der Waals surface area (Å²) in [7, 11) is 0. The van der Waals surface area contributed by atoms with Crippen LogP contribution in [0.4, 0.5) is 10.5 Å². The summed E-state index contributed by atoms with van der Waals surface area (Å²) in [5, 5.41) is 14.1. The Bertz CT molecular complexity index is 564. The van der Waals surface area contributed by atoms with Crippen molar-refractivity contribution < 1.29 is 14.7 Å². The van der Waals surface area contributed by atoms with Crippen LogP contribution >= 0.6 is 35.0 Å². The lowest BCUT2D eigenvalue weighted by Gasteiger charge is -2.11. The van der Waals surface area contributed by atoms with Gasteiger partial charge in [-0.1, -0.05) is 29.1 Å². The van der Waals surface area contributed by atoms with Crippen molar-refractivity contribution in [3.8, 4) is 12.3 Å². The maximum atomic E-state index is 11.7. The zero-order chi connectivity index (χ0) is 15.8. The lowest BCUT2D eigenvalue weighted by molar-refractivity contribution is 0.0697. The van der Waals surface area contributed by atoms with Gasteiger partial charge in [-0.25, -0.2) is 9.59 Å². The summed E-state index contributed by atoms with van der Waals surface area (Å²) in [5.41, 5.74) is 0.110. The molecule has 8 heteroatoms. The highest BCUT2D eigenvalue weighted by atomic mass is 35.5. The quantitative estimate of drug-likeness (QED) is 0.546. The third-order valence-corrected chi connectivity index (χ3v) is 3.70. The fourth-order valence-electron chi connectivity index (χ4n) is 1.34. The van der Waals surface area contributed by atoms with Gasteiger partial charge in [-0.3, -0.25) is 0 Å². The Morgan fingerprint density at radius 2 is 1.95 bits per heavy atom. The predicted molar refractivity (Wildman–Crippen MR) is 86.6 cm³/mol. The van der Waals surface area contributed by atoms with E-state index in [0.29, 0.717) is 18.1 Å². The number of terminal acetylenes is 1. The summed E-state index contributed by atoms with van der Waals surface area (Å²) in [6.07, 6.45) is 5.10. The van der Waals surface area contributed by atoms with Gasteiger partial charge in [0, 0.05) is 12.3 Å². The fourth-order valence-corrected chi connectivity index (χ4v) is 2.43. The minimum absolute atomic E-state index is 0.0526. The summed E-state index contributed by atoms with van der Waals surface area (Å²) < 4.78 is 0. The lowest BCUT2D eigenvalue weighted by Crippen LogP contribution is -2.30. The van der Waals surface area contributed by atoms with Crippen molar-refractivity contribution in [2.75, 3.05) is 23.4 Å². The van der Waals surface area contributed by atoms with Gasteiger partial charge >= 0.3 is 12.0 Å². The number of hydrogen-bond acceptors (Lipinski definition) is 3. The van der Waals surface area contributed by atoms with E-state index in [-0.39, 0.29) is 21.3 Å². The number of thioether (sulfide) groups is 1. The van der Waals surface area contributed by atoms with Gasteiger partial charge in [0.05, 0.1) is 27.0 Å². The molecular formula is C13H12Cl2N2O3S. The van der Waals surface area contributed by atoms with Crippen LogP contribution in [0.2, 0.25) is 10.0 Å². The first-order chi connectivity index (χ1) is 9.95. The Kier molecular flexibility index (Phi) is 7.23. The van der Waals surface area contributed by atoms with E-state index in [4.69, 9.17) is 34.7 Å². The van der Waals surface area contributed by atoms with E-state index in [1.54, 1.807) is 0 Å². The van der Waals surface area contributed by atoms with Crippen LogP contribution in [0.3, 0.4) is 0 Å². The Hall–Kier alpha value is -1.55. The molecule has 0 aromatic heterocycles. The number of hydrogen-bond donors (Lipinski definition) is 3. The van der Waals surface area contributed by atoms with E-state index in [0.717, 1.165) is 0 Å². The molecule has 1 aromatic rings. The molecular weight excluding hydrogens is 335 g/mol. The molecule has 1 rings (SSSR count). The maximum Gasteiger partial charge on any atom is 0.335 e. The third kappa shape index (κ3) is 5.76. The number of carboxylic acids is 1. The van der Waals surface area contributed by atoms with E-state index in [1.807, 2.05) is 0 Å². The van der Waals surface area contributed by atoms with Gasteiger partial charge in [0.25, 0.3) is 0 Å². The van der Waals surface area contributed by atoms with Gasteiger partial charge < -0.3 is 15.7 Å². The Labute approximate surface area is 136 Å². The molecule has 112 valence electrons. The highest BCUT2D eigenvalue weighted by Crippen LogP contribution is 2.31. The molecule has 0 aliphatic heterocycles. The number of carboxylic acid groups (broad SMARTS) is 1. The summed E-state index contributed by atoms with van der Waals surface area (Å²) in [6, 6.07) is 1.95. The van der Waals surface area contributed by atoms with Crippen molar-refractivity contribution in [1.29, 1.82) is 0 Å². The first-order valence-corrected chi connectivity index (χ1v) is 7.65. The van der Waals surface area contributed by atoms with Crippen LogP contribution in [-0.2, 0) is 0 Å². The second kappa shape index (κ2) is 8.67. The standard InChI is InChI=1S/C13H12Cl2N2O3S/c1-2-4-21-5-3-16-13(20)17-11-9(14)6-8(12(18)19)7-10(11)15/h1,6-7H,3-5H2,(H,18,19)(H2,16,17,20). The van der Waals surface area contributed by atoms with Crippen LogP contribution in [0.1, 0.15) is 10.4 Å². The highest BCUT2D eigenvalue weighted by molar-refractivity contribution is 7.99. The lowest BCUT2D eigenvalue weighted by atomic mass is 10.2. The number of aromatic carboxylic acids is 1. The predicted octanol–water partition coefficient (Wildman–Crippen LogP) is 3.18. The van der Waals surface area contributed by atoms with Crippen molar-refractivity contribution in [3.05, 3.63) is 27.7 Å². The molecule has 3 N–H and O–H groups in total. The topological polar surface area (TPSA) is 78.4 Å². The van der Waals surface area contributed by atoms with Crippen molar-refractivity contribution in [2.45, 2.75) is 0 Å². The molecule has 1 aromatic carbocycles. The molecule has 0 saturated heterocycles. The first-order valence-electron chi connectivity index (χ1n) is 5.74. The van der Waals surface area contributed by atoms with Crippen molar-refractivity contribution in [2.24, 2.45) is 0 Å². The SMILES string of the molecule is C#CCSCCNC(=O)Nc1c(Cl)cc(C(=O)O)cc1Cl. The van der Waals surface area contributed by atoms with Gasteiger partial charge in [0.2, 0.25) is 0 Å². The van der Waals surface area contributed by atoms with E-state index in [1.165, 1.54) is 23.9 Å². The molecule has 0 fully saturated rings. The number of nitrogens with one attached hydrogen (secondary N) is 2. The number of benzene rings is 1. The molecule has 0 unspecified atom stereocenters. The van der Waals surface area contributed by atoms with Gasteiger partial charge in [-0.05, 0) is 12.1 Å². The Morgan fingerprint density at radius 3 is 2.48 bits per heavy atom. The van der Waals surface area contributed by atoms with Crippen LogP contribution < -0.4 is 10.6 Å². The van der Waals surface area contributed by atoms with E-state index >= 15 is 0 Å². The summed E-state index contributed by atoms with van der Waals surface area (Å²) in [6.45, 7) is 0.431. The van der Waals surface area contributed by atoms with Crippen LogP contribution in [0.5, 0.6) is 0 Å². The largest absolute Gasteiger partial charge is 0.478 e. The number of halogens is 2. The molecule has 0 saturated carbocycles. The molecule has 0 spiro atoms. The van der Waals surface area contributed by atoms with Crippen LogP contribution in [0.25, 0.3) is 0 Å². The first kappa shape index (κ1) is 17.5. The van der Waals surface area contributed by atoms with Gasteiger partial charge in [0.15, 0.2) is 0 Å². The number of carbonyl (C=O) groups excluding carboxylic acids is 1. The molecule has 0 atom stereocenters. The van der Waals surface area contributed by atoms with Gasteiger partial charge in [-0.2, -0.15) is 0 Å². The minimum Gasteiger partial charge on any atom is -0.478 e. The molecule has 2 amide bonds. The van der Waals surface area contributed by atoms with E-state index in [9.17, 15) is 9.59 Å². The fraction of sp³-hybridized carbons (Fsp3) is 0.231. The number of carbonyl (C=O) groups is 2. The highest BCUT2D eigenvalue weighted by Gasteiger charge is 2.14. The zero-order valence-electron chi connectivity index (χ0n) is 10.8. The normalized spacial score (nSPS) is 9.76.